The molecule has 3 heteroatoms. The predicted octanol–water partition coefficient (Wildman–Crippen LogP) is 4.41. The predicted molar refractivity (Wildman–Crippen MR) is 80.3 cm³/mol. The molecule has 0 aromatic heterocycles. The van der Waals surface area contributed by atoms with Crippen LogP contribution in [0.2, 0.25) is 0 Å². The van der Waals surface area contributed by atoms with Gasteiger partial charge in [0.15, 0.2) is 5.78 Å². The minimum atomic E-state index is -0.341. The van der Waals surface area contributed by atoms with Gasteiger partial charge in [0, 0.05) is 12.0 Å². The standard InChI is InChI=1S/C18H17FO2/c1-11(20)15-6-5-14(19)9-16(15)12-4-7-17-13(8-12)10-18(2,3)21-17/h4-9H,10H2,1-3H3. The van der Waals surface area contributed by atoms with Gasteiger partial charge in [-0.2, -0.15) is 0 Å². The van der Waals surface area contributed by atoms with Crippen molar-refractivity contribution in [3.05, 3.63) is 53.3 Å². The minimum Gasteiger partial charge on any atom is -0.487 e. The second kappa shape index (κ2) is 4.69. The summed E-state index contributed by atoms with van der Waals surface area (Å²) in [6.45, 7) is 5.57. The summed E-state index contributed by atoms with van der Waals surface area (Å²) >= 11 is 0. The number of rotatable bonds is 2. The van der Waals surface area contributed by atoms with Gasteiger partial charge in [0.2, 0.25) is 0 Å². The third kappa shape index (κ3) is 2.56. The fourth-order valence-corrected chi connectivity index (χ4v) is 2.84. The highest BCUT2D eigenvalue weighted by molar-refractivity contribution is 6.00. The number of carbonyl (C=O) groups is 1. The second-order valence-electron chi connectivity index (χ2n) is 6.11. The lowest BCUT2D eigenvalue weighted by atomic mass is 9.94. The van der Waals surface area contributed by atoms with Crippen LogP contribution in [-0.4, -0.2) is 11.4 Å². The number of carbonyl (C=O) groups excluding carboxylic acids is 1. The van der Waals surface area contributed by atoms with Crippen LogP contribution in [0.25, 0.3) is 11.1 Å². The third-order valence-corrected chi connectivity index (χ3v) is 3.73. The molecule has 0 saturated heterocycles. The fraction of sp³-hybridized carbons (Fsp3) is 0.278. The summed E-state index contributed by atoms with van der Waals surface area (Å²) < 4.78 is 19.4. The molecule has 1 heterocycles. The van der Waals surface area contributed by atoms with Crippen molar-refractivity contribution in [2.24, 2.45) is 0 Å². The number of ketones is 1. The van der Waals surface area contributed by atoms with E-state index >= 15 is 0 Å². The molecule has 21 heavy (non-hydrogen) atoms. The molecule has 0 amide bonds. The van der Waals surface area contributed by atoms with Crippen molar-refractivity contribution in [3.8, 4) is 16.9 Å². The average Bonchev–Trinajstić information content (AvgIpc) is 2.70. The molecule has 0 spiro atoms. The van der Waals surface area contributed by atoms with Crippen molar-refractivity contribution in [1.82, 2.24) is 0 Å². The quantitative estimate of drug-likeness (QED) is 0.764. The van der Waals surface area contributed by atoms with E-state index < -0.39 is 0 Å². The summed E-state index contributed by atoms with van der Waals surface area (Å²) in [4.78, 5) is 11.7. The lowest BCUT2D eigenvalue weighted by Crippen LogP contribution is -2.24. The molecule has 0 radical (unpaired) electrons. The molecule has 2 aromatic rings. The van der Waals surface area contributed by atoms with Crippen LogP contribution in [0.15, 0.2) is 36.4 Å². The SMILES string of the molecule is CC(=O)c1ccc(F)cc1-c1ccc2c(c1)CC(C)(C)O2. The van der Waals surface area contributed by atoms with Crippen LogP contribution in [0.3, 0.4) is 0 Å². The summed E-state index contributed by atoms with van der Waals surface area (Å²) in [6, 6.07) is 10.0. The van der Waals surface area contributed by atoms with Crippen LogP contribution in [0.1, 0.15) is 36.7 Å². The fourth-order valence-electron chi connectivity index (χ4n) is 2.84. The van der Waals surface area contributed by atoms with E-state index in [0.29, 0.717) is 11.1 Å². The minimum absolute atomic E-state index is 0.0675. The molecule has 108 valence electrons. The van der Waals surface area contributed by atoms with E-state index in [2.05, 4.69) is 0 Å². The summed E-state index contributed by atoms with van der Waals surface area (Å²) in [5, 5.41) is 0. The van der Waals surface area contributed by atoms with Crippen LogP contribution >= 0.6 is 0 Å². The summed E-state index contributed by atoms with van der Waals surface area (Å²) in [5.74, 6) is 0.457. The number of Topliss-reactive ketones (excluding diaryl/α,β-unsaturated/α-hetero) is 1. The van der Waals surface area contributed by atoms with Crippen LogP contribution in [0.5, 0.6) is 5.75 Å². The Bertz CT molecular complexity index is 732. The molecule has 2 aromatic carbocycles. The topological polar surface area (TPSA) is 26.3 Å². The molecule has 0 unspecified atom stereocenters. The average molecular weight is 284 g/mol. The van der Waals surface area contributed by atoms with Crippen LogP contribution in [-0.2, 0) is 6.42 Å². The number of hydrogen-bond donors (Lipinski definition) is 0. The summed E-state index contributed by atoms with van der Waals surface area (Å²) in [7, 11) is 0. The first-order chi connectivity index (χ1) is 9.85. The smallest absolute Gasteiger partial charge is 0.160 e. The number of halogens is 1. The first-order valence-corrected chi connectivity index (χ1v) is 6.98. The molecular weight excluding hydrogens is 267 g/mol. The number of hydrogen-bond acceptors (Lipinski definition) is 2. The monoisotopic (exact) mass is 284 g/mol. The zero-order valence-corrected chi connectivity index (χ0v) is 12.4. The van der Waals surface area contributed by atoms with Crippen molar-refractivity contribution < 1.29 is 13.9 Å². The number of benzene rings is 2. The molecule has 1 aliphatic heterocycles. The highest BCUT2D eigenvalue weighted by Gasteiger charge is 2.30. The van der Waals surface area contributed by atoms with E-state index in [9.17, 15) is 9.18 Å². The molecule has 2 nitrogen and oxygen atoms in total. The largest absolute Gasteiger partial charge is 0.487 e. The normalized spacial score (nSPS) is 15.4. The van der Waals surface area contributed by atoms with E-state index in [1.165, 1.54) is 19.1 Å². The van der Waals surface area contributed by atoms with Crippen LogP contribution < -0.4 is 4.74 Å². The van der Waals surface area contributed by atoms with E-state index in [4.69, 9.17) is 4.74 Å². The second-order valence-corrected chi connectivity index (χ2v) is 6.11. The van der Waals surface area contributed by atoms with Gasteiger partial charge in [0.25, 0.3) is 0 Å². The molecule has 0 N–H and O–H groups in total. The van der Waals surface area contributed by atoms with Gasteiger partial charge in [-0.25, -0.2) is 4.39 Å². The van der Waals surface area contributed by atoms with Gasteiger partial charge in [0.05, 0.1) is 0 Å². The summed E-state index contributed by atoms with van der Waals surface area (Å²) in [6.07, 6.45) is 0.806. The maximum absolute atomic E-state index is 13.6. The molecule has 0 fully saturated rings. The van der Waals surface area contributed by atoms with E-state index in [-0.39, 0.29) is 17.2 Å². The maximum atomic E-state index is 13.6. The van der Waals surface area contributed by atoms with Gasteiger partial charge >= 0.3 is 0 Å². The lowest BCUT2D eigenvalue weighted by molar-refractivity contribution is 0.101. The molecule has 1 aliphatic rings. The van der Waals surface area contributed by atoms with Crippen molar-refractivity contribution >= 4 is 5.78 Å². The van der Waals surface area contributed by atoms with Crippen LogP contribution in [0, 0.1) is 5.82 Å². The molecule has 3 rings (SSSR count). The highest BCUT2D eigenvalue weighted by atomic mass is 19.1. The molecule has 0 saturated carbocycles. The van der Waals surface area contributed by atoms with Crippen molar-refractivity contribution in [2.75, 3.05) is 0 Å². The molecular formula is C18H17FO2. The summed E-state index contributed by atoms with van der Waals surface area (Å²) in [5.41, 5.74) is 2.90. The zero-order chi connectivity index (χ0) is 15.2. The number of fused-ring (bicyclic) bond motifs is 1. The first kappa shape index (κ1) is 13.8. The zero-order valence-electron chi connectivity index (χ0n) is 12.4. The third-order valence-electron chi connectivity index (χ3n) is 3.73. The van der Waals surface area contributed by atoms with Gasteiger partial charge in [-0.1, -0.05) is 6.07 Å². The Balaban J connectivity index is 2.11. The Morgan fingerprint density at radius 2 is 1.95 bits per heavy atom. The Labute approximate surface area is 123 Å². The maximum Gasteiger partial charge on any atom is 0.160 e. The Morgan fingerprint density at radius 1 is 1.19 bits per heavy atom. The van der Waals surface area contributed by atoms with Gasteiger partial charge < -0.3 is 4.74 Å². The Kier molecular flexibility index (Phi) is 3.08. The van der Waals surface area contributed by atoms with Gasteiger partial charge in [0.1, 0.15) is 17.2 Å². The van der Waals surface area contributed by atoms with Crippen molar-refractivity contribution in [3.63, 3.8) is 0 Å². The van der Waals surface area contributed by atoms with Gasteiger partial charge in [-0.3, -0.25) is 4.79 Å². The van der Waals surface area contributed by atoms with Crippen LogP contribution in [0.4, 0.5) is 4.39 Å². The van der Waals surface area contributed by atoms with Gasteiger partial charge in [-0.15, -0.1) is 0 Å². The molecule has 0 bridgehead atoms. The highest BCUT2D eigenvalue weighted by Crippen LogP contribution is 2.38. The van der Waals surface area contributed by atoms with E-state index in [0.717, 1.165) is 23.3 Å². The van der Waals surface area contributed by atoms with E-state index in [1.807, 2.05) is 32.0 Å². The lowest BCUT2D eigenvalue weighted by Gasteiger charge is -2.16. The van der Waals surface area contributed by atoms with E-state index in [1.54, 1.807) is 6.07 Å². The Morgan fingerprint density at radius 3 is 2.67 bits per heavy atom. The van der Waals surface area contributed by atoms with Crippen molar-refractivity contribution in [1.29, 1.82) is 0 Å². The van der Waals surface area contributed by atoms with Crippen molar-refractivity contribution in [2.45, 2.75) is 32.8 Å². The first-order valence-electron chi connectivity index (χ1n) is 6.98. The van der Waals surface area contributed by atoms with Gasteiger partial charge in [-0.05, 0) is 67.8 Å². The molecule has 0 aliphatic carbocycles. The molecule has 0 atom stereocenters. The number of ether oxygens (including phenoxy) is 1. The Hall–Kier alpha value is -2.16.